The molecule has 0 aromatic heterocycles. The predicted octanol–water partition coefficient (Wildman–Crippen LogP) is 6.90. The molecule has 8 heteroatoms. The molecule has 8 nitrogen and oxygen atoms in total. The van der Waals surface area contributed by atoms with Crippen LogP contribution in [-0.2, 0) is 15.1 Å². The monoisotopic (exact) mass is 695 g/mol. The Hall–Kier alpha value is -3.72. The van der Waals surface area contributed by atoms with Crippen molar-refractivity contribution in [2.75, 3.05) is 13.2 Å². The van der Waals surface area contributed by atoms with Gasteiger partial charge in [0.1, 0.15) is 17.6 Å². The first-order valence-corrected chi connectivity index (χ1v) is 19.3. The first kappa shape index (κ1) is 37.1. The Morgan fingerprint density at radius 3 is 1.90 bits per heavy atom. The fraction of sp³-hybridized carbons (Fsp3) is 0.535. The number of esters is 1. The van der Waals surface area contributed by atoms with Gasteiger partial charge in [0.05, 0.1) is 12.6 Å². The molecule has 0 radical (unpaired) electrons. The number of carbonyl (C=O) groups is 2. The molecule has 2 heterocycles. The van der Waals surface area contributed by atoms with Crippen LogP contribution in [0.4, 0.5) is 4.79 Å². The van der Waals surface area contributed by atoms with E-state index in [0.29, 0.717) is 24.4 Å². The number of ether oxygens (including phenoxy) is 1. The molecule has 1 saturated carbocycles. The molecule has 2 aliphatic heterocycles. The molecule has 4 atom stereocenters. The van der Waals surface area contributed by atoms with E-state index < -0.39 is 17.6 Å². The molecule has 3 aliphatic rings. The predicted molar refractivity (Wildman–Crippen MR) is 200 cm³/mol. The number of amides is 2. The zero-order valence-electron chi connectivity index (χ0n) is 30.3. The maximum atomic E-state index is 13.5. The van der Waals surface area contributed by atoms with Crippen molar-refractivity contribution < 1.29 is 24.5 Å². The van der Waals surface area contributed by atoms with Crippen molar-refractivity contribution in [3.05, 3.63) is 108 Å². The highest BCUT2D eigenvalue weighted by atomic mass is 16.5. The van der Waals surface area contributed by atoms with Crippen molar-refractivity contribution in [1.29, 1.82) is 0 Å². The summed E-state index contributed by atoms with van der Waals surface area (Å²) in [6, 6.07) is 29.0. The lowest BCUT2D eigenvalue weighted by molar-refractivity contribution is -0.155. The van der Waals surface area contributed by atoms with Crippen LogP contribution in [0.2, 0.25) is 0 Å². The Labute approximate surface area is 304 Å². The summed E-state index contributed by atoms with van der Waals surface area (Å²) in [6.07, 6.45) is 9.78. The van der Waals surface area contributed by atoms with E-state index in [1.165, 1.54) is 0 Å². The number of aliphatic hydroxyl groups is 2. The van der Waals surface area contributed by atoms with Crippen LogP contribution in [0.15, 0.2) is 91.0 Å². The number of nitrogens with zero attached hydrogens (tertiary/aromatic N) is 1. The quantitative estimate of drug-likeness (QED) is 0.137. The molecule has 3 fully saturated rings. The summed E-state index contributed by atoms with van der Waals surface area (Å²) in [5.41, 5.74) is 0.950. The maximum absolute atomic E-state index is 13.5. The lowest BCUT2D eigenvalue weighted by Crippen LogP contribution is -2.56. The van der Waals surface area contributed by atoms with Gasteiger partial charge in [-0.2, -0.15) is 0 Å². The Morgan fingerprint density at radius 2 is 1.37 bits per heavy atom. The molecular formula is C43H57N3O5. The van der Waals surface area contributed by atoms with Crippen LogP contribution in [0.3, 0.4) is 0 Å². The van der Waals surface area contributed by atoms with E-state index in [1.54, 1.807) is 0 Å². The summed E-state index contributed by atoms with van der Waals surface area (Å²) in [4.78, 5) is 29.2. The molecule has 274 valence electrons. The number of carbonyl (C=O) groups excluding carboxylic acids is 2. The fourth-order valence-corrected chi connectivity index (χ4v) is 9.00. The van der Waals surface area contributed by atoms with E-state index in [2.05, 4.69) is 29.4 Å². The maximum Gasteiger partial charge on any atom is 0.316 e. The zero-order valence-corrected chi connectivity index (χ0v) is 30.3. The first-order valence-electron chi connectivity index (χ1n) is 19.3. The van der Waals surface area contributed by atoms with Gasteiger partial charge in [0.25, 0.3) is 0 Å². The summed E-state index contributed by atoms with van der Waals surface area (Å²) >= 11 is 0. The summed E-state index contributed by atoms with van der Waals surface area (Å²) in [5, 5.41) is 28.8. The third-order valence-electron chi connectivity index (χ3n) is 11.7. The van der Waals surface area contributed by atoms with Crippen molar-refractivity contribution >= 4 is 12.0 Å². The van der Waals surface area contributed by atoms with Crippen molar-refractivity contribution in [3.63, 3.8) is 0 Å². The summed E-state index contributed by atoms with van der Waals surface area (Å²) in [6.45, 7) is 5.05. The molecule has 0 spiro atoms. The minimum absolute atomic E-state index is 0.0896. The minimum Gasteiger partial charge on any atom is -0.462 e. The average molecular weight is 696 g/mol. The largest absolute Gasteiger partial charge is 0.462 e. The van der Waals surface area contributed by atoms with Gasteiger partial charge in [-0.05, 0) is 86.4 Å². The van der Waals surface area contributed by atoms with Crippen molar-refractivity contribution in [2.24, 2.45) is 11.8 Å². The fourth-order valence-electron chi connectivity index (χ4n) is 9.00. The van der Waals surface area contributed by atoms with Crippen molar-refractivity contribution in [2.45, 2.75) is 120 Å². The Morgan fingerprint density at radius 1 is 0.824 bits per heavy atom. The number of rotatable bonds is 14. The standard InChI is InChI=1S/C43H57N3O5/c1-30(2)26-40(43(50,33-14-8-4-9-15-33)34-16-10-5-11-17-34)45-42(49)44-35-20-18-31(19-21-35)24-25-46-36-22-23-37(46)28-38(27-36)51-41(48)39(29-47)32-12-6-3-7-13-32/h3-17,30-31,35-40,47,50H,18-29H2,1-2H3,(H2,44,45,49)/t31?,35?,36?,37?,38?,39?,40-/m0/s1. The van der Waals surface area contributed by atoms with Crippen LogP contribution in [0.1, 0.15) is 101 Å². The second-order valence-corrected chi connectivity index (χ2v) is 15.6. The third kappa shape index (κ3) is 9.02. The van der Waals surface area contributed by atoms with E-state index >= 15 is 0 Å². The van der Waals surface area contributed by atoms with Gasteiger partial charge >= 0.3 is 12.0 Å². The van der Waals surface area contributed by atoms with Gasteiger partial charge < -0.3 is 25.6 Å². The van der Waals surface area contributed by atoms with Crippen molar-refractivity contribution in [3.8, 4) is 0 Å². The molecule has 1 aliphatic carbocycles. The van der Waals surface area contributed by atoms with Gasteiger partial charge in [-0.3, -0.25) is 9.69 Å². The number of hydrogen-bond acceptors (Lipinski definition) is 6. The van der Waals surface area contributed by atoms with Crippen LogP contribution in [0, 0.1) is 11.8 Å². The molecule has 51 heavy (non-hydrogen) atoms. The van der Waals surface area contributed by atoms with Gasteiger partial charge in [0.15, 0.2) is 0 Å². The number of urea groups is 1. The normalized spacial score (nSPS) is 24.8. The van der Waals surface area contributed by atoms with E-state index in [1.807, 2.05) is 91.0 Å². The number of aliphatic hydroxyl groups excluding tert-OH is 1. The Balaban J connectivity index is 0.974. The number of hydrogen-bond donors (Lipinski definition) is 4. The molecule has 2 bridgehead atoms. The Kier molecular flexibility index (Phi) is 12.5. The lowest BCUT2D eigenvalue weighted by atomic mass is 9.77. The highest BCUT2D eigenvalue weighted by Gasteiger charge is 2.43. The molecule has 2 saturated heterocycles. The third-order valence-corrected chi connectivity index (χ3v) is 11.7. The van der Waals surface area contributed by atoms with E-state index in [-0.39, 0.29) is 36.7 Å². The molecule has 6 rings (SSSR count). The second kappa shape index (κ2) is 17.2. The molecule has 3 aromatic carbocycles. The summed E-state index contributed by atoms with van der Waals surface area (Å²) in [5.74, 6) is -0.0591. The number of piperidine rings is 1. The van der Waals surface area contributed by atoms with E-state index in [4.69, 9.17) is 4.74 Å². The zero-order chi connectivity index (χ0) is 35.8. The number of fused-ring (bicyclic) bond motifs is 2. The number of nitrogens with one attached hydrogen (secondary N) is 2. The molecule has 4 N–H and O–H groups in total. The number of benzene rings is 3. The van der Waals surface area contributed by atoms with Gasteiger partial charge in [0.2, 0.25) is 0 Å². The molecule has 2 amide bonds. The van der Waals surface area contributed by atoms with Crippen LogP contribution in [0.5, 0.6) is 0 Å². The van der Waals surface area contributed by atoms with Crippen LogP contribution in [0.25, 0.3) is 0 Å². The highest BCUT2D eigenvalue weighted by Crippen LogP contribution is 2.39. The highest BCUT2D eigenvalue weighted by molar-refractivity contribution is 5.78. The smallest absolute Gasteiger partial charge is 0.316 e. The van der Waals surface area contributed by atoms with Crippen molar-refractivity contribution in [1.82, 2.24) is 15.5 Å². The van der Waals surface area contributed by atoms with Crippen LogP contribution < -0.4 is 10.6 Å². The first-order chi connectivity index (χ1) is 24.7. The topological polar surface area (TPSA) is 111 Å². The molecular weight excluding hydrogens is 638 g/mol. The van der Waals surface area contributed by atoms with Crippen LogP contribution >= 0.6 is 0 Å². The second-order valence-electron chi connectivity index (χ2n) is 15.6. The molecule has 3 aromatic rings. The molecule has 3 unspecified atom stereocenters. The lowest BCUT2D eigenvalue weighted by Gasteiger charge is -2.40. The SMILES string of the molecule is CC(C)C[C@H](NC(=O)NC1CCC(CCN2C3CCC2CC(OC(=O)C(CO)c2ccccc2)C3)CC1)C(O)(c1ccccc1)c1ccccc1. The van der Waals surface area contributed by atoms with Gasteiger partial charge in [-0.1, -0.05) is 105 Å². The van der Waals surface area contributed by atoms with E-state index in [0.717, 1.165) is 81.0 Å². The average Bonchev–Trinajstić information content (AvgIpc) is 3.39. The van der Waals surface area contributed by atoms with Gasteiger partial charge in [-0.25, -0.2) is 4.79 Å². The summed E-state index contributed by atoms with van der Waals surface area (Å²) in [7, 11) is 0. The Bertz CT molecular complexity index is 1480. The minimum atomic E-state index is -1.37. The van der Waals surface area contributed by atoms with E-state index in [9.17, 15) is 19.8 Å². The van der Waals surface area contributed by atoms with Gasteiger partial charge in [-0.15, -0.1) is 0 Å². The summed E-state index contributed by atoms with van der Waals surface area (Å²) < 4.78 is 5.99. The van der Waals surface area contributed by atoms with Crippen LogP contribution in [-0.4, -0.2) is 70.5 Å². The van der Waals surface area contributed by atoms with Gasteiger partial charge in [0, 0.05) is 31.0 Å².